The largest absolute Gasteiger partial charge is 0.368 e. The van der Waals surface area contributed by atoms with E-state index < -0.39 is 36.9 Å². The monoisotopic (exact) mass is 489 g/mol. The molecule has 7 heteroatoms. The van der Waals surface area contributed by atoms with Crippen LogP contribution in [0.15, 0.2) is 91.0 Å². The van der Waals surface area contributed by atoms with Crippen LogP contribution in [0, 0.1) is 0 Å². The highest BCUT2D eigenvalue weighted by Crippen LogP contribution is 2.36. The number of rotatable bonds is 8. The molecule has 2 aliphatic heterocycles. The Hall–Kier alpha value is -3.07. The predicted octanol–water partition coefficient (Wildman–Crippen LogP) is 4.13. The highest BCUT2D eigenvalue weighted by atomic mass is 16.7. The maximum Gasteiger partial charge on any atom is 0.217 e. The van der Waals surface area contributed by atoms with Crippen LogP contribution < -0.4 is 5.32 Å². The second kappa shape index (κ2) is 11.8. The third-order valence-electron chi connectivity index (χ3n) is 6.32. The van der Waals surface area contributed by atoms with Gasteiger partial charge in [0.15, 0.2) is 12.6 Å². The van der Waals surface area contributed by atoms with Crippen LogP contribution in [0.1, 0.15) is 29.9 Å². The van der Waals surface area contributed by atoms with Gasteiger partial charge in [-0.15, -0.1) is 0 Å². The lowest BCUT2D eigenvalue weighted by Gasteiger charge is -2.49. The summed E-state index contributed by atoms with van der Waals surface area (Å²) in [6, 6.07) is 29.0. The van der Waals surface area contributed by atoms with Crippen molar-refractivity contribution in [1.82, 2.24) is 5.32 Å². The molecule has 3 unspecified atom stereocenters. The summed E-state index contributed by atoms with van der Waals surface area (Å²) < 4.78 is 31.4. The Balaban J connectivity index is 1.40. The third-order valence-corrected chi connectivity index (χ3v) is 6.32. The Kier molecular flexibility index (Phi) is 8.05. The van der Waals surface area contributed by atoms with E-state index in [0.29, 0.717) is 19.8 Å². The maximum absolute atomic E-state index is 12.3. The SMILES string of the molecule is CC(=O)NC1[C@H](OCc2ccccc2)OC2COC(c3ccccc3)O[C@@H]2[C@@H]1OCc1ccccc1. The van der Waals surface area contributed by atoms with E-state index in [9.17, 15) is 4.79 Å². The zero-order valence-corrected chi connectivity index (χ0v) is 20.2. The molecular formula is C29H31NO6. The molecule has 0 aliphatic carbocycles. The fraction of sp³-hybridized carbons (Fsp3) is 0.345. The lowest BCUT2D eigenvalue weighted by Crippen LogP contribution is -2.67. The van der Waals surface area contributed by atoms with Crippen molar-refractivity contribution in [2.24, 2.45) is 0 Å². The first kappa shape index (κ1) is 24.6. The number of carbonyl (C=O) groups is 1. The van der Waals surface area contributed by atoms with E-state index >= 15 is 0 Å². The zero-order valence-electron chi connectivity index (χ0n) is 20.2. The number of amides is 1. The number of hydrogen-bond donors (Lipinski definition) is 1. The van der Waals surface area contributed by atoms with Crippen molar-refractivity contribution in [2.75, 3.05) is 6.61 Å². The summed E-state index contributed by atoms with van der Waals surface area (Å²) in [5, 5.41) is 3.01. The van der Waals surface area contributed by atoms with Gasteiger partial charge in [-0.2, -0.15) is 0 Å². The number of hydrogen-bond acceptors (Lipinski definition) is 6. The Morgan fingerprint density at radius 2 is 1.42 bits per heavy atom. The Morgan fingerprint density at radius 3 is 2.03 bits per heavy atom. The third kappa shape index (κ3) is 6.00. The molecule has 5 rings (SSSR count). The Labute approximate surface area is 211 Å². The van der Waals surface area contributed by atoms with Crippen LogP contribution in [0.2, 0.25) is 0 Å². The molecule has 36 heavy (non-hydrogen) atoms. The van der Waals surface area contributed by atoms with Gasteiger partial charge in [0.2, 0.25) is 5.91 Å². The van der Waals surface area contributed by atoms with Gasteiger partial charge in [0.05, 0.1) is 19.8 Å². The van der Waals surface area contributed by atoms with Crippen molar-refractivity contribution in [3.8, 4) is 0 Å². The van der Waals surface area contributed by atoms with Gasteiger partial charge in [0.1, 0.15) is 24.4 Å². The van der Waals surface area contributed by atoms with Gasteiger partial charge in [-0.3, -0.25) is 4.79 Å². The first-order chi connectivity index (χ1) is 17.7. The standard InChI is InChI=1S/C29H31NO6/c1-20(31)30-25-27(32-17-21-11-5-2-6-12-21)26-24(19-34-28(36-26)23-15-9-4-10-16-23)35-29(25)33-18-22-13-7-3-8-14-22/h2-16,24-29H,17-19H2,1H3,(H,30,31)/t24?,25?,26-,27+,28?,29+/m0/s1. The summed E-state index contributed by atoms with van der Waals surface area (Å²) in [6.45, 7) is 2.48. The molecule has 2 heterocycles. The van der Waals surface area contributed by atoms with Crippen LogP contribution in [0.3, 0.4) is 0 Å². The van der Waals surface area contributed by atoms with E-state index in [1.807, 2.05) is 91.0 Å². The van der Waals surface area contributed by atoms with E-state index in [2.05, 4.69) is 5.32 Å². The first-order valence-electron chi connectivity index (χ1n) is 12.2. The fourth-order valence-corrected chi connectivity index (χ4v) is 4.60. The number of fused-ring (bicyclic) bond motifs is 1. The molecular weight excluding hydrogens is 458 g/mol. The molecule has 1 N–H and O–H groups in total. The van der Waals surface area contributed by atoms with Crippen LogP contribution in [-0.2, 0) is 41.7 Å². The van der Waals surface area contributed by atoms with E-state index in [-0.39, 0.29) is 5.91 Å². The van der Waals surface area contributed by atoms with Gasteiger partial charge < -0.3 is 29.0 Å². The van der Waals surface area contributed by atoms with Crippen molar-refractivity contribution in [2.45, 2.75) is 57.1 Å². The average Bonchev–Trinajstić information content (AvgIpc) is 2.92. The molecule has 2 aliphatic rings. The van der Waals surface area contributed by atoms with E-state index in [4.69, 9.17) is 23.7 Å². The van der Waals surface area contributed by atoms with Gasteiger partial charge >= 0.3 is 0 Å². The molecule has 0 aromatic heterocycles. The van der Waals surface area contributed by atoms with Crippen molar-refractivity contribution < 1.29 is 28.5 Å². The minimum atomic E-state index is -0.739. The van der Waals surface area contributed by atoms with Gasteiger partial charge in [-0.1, -0.05) is 91.0 Å². The van der Waals surface area contributed by atoms with Gasteiger partial charge in [-0.05, 0) is 11.1 Å². The summed E-state index contributed by atoms with van der Waals surface area (Å²) in [4.78, 5) is 12.3. The Bertz CT molecular complexity index is 1100. The topological polar surface area (TPSA) is 75.3 Å². The number of benzene rings is 3. The van der Waals surface area contributed by atoms with E-state index in [0.717, 1.165) is 16.7 Å². The molecule has 188 valence electrons. The maximum atomic E-state index is 12.3. The van der Waals surface area contributed by atoms with E-state index in [1.165, 1.54) is 6.92 Å². The molecule has 2 fully saturated rings. The highest BCUT2D eigenvalue weighted by molar-refractivity contribution is 5.73. The second-order valence-electron chi connectivity index (χ2n) is 9.00. The predicted molar refractivity (Wildman–Crippen MR) is 133 cm³/mol. The van der Waals surface area contributed by atoms with Gasteiger partial charge in [0, 0.05) is 12.5 Å². The molecule has 0 radical (unpaired) electrons. The molecule has 2 saturated heterocycles. The smallest absolute Gasteiger partial charge is 0.217 e. The zero-order chi connectivity index (χ0) is 24.7. The Morgan fingerprint density at radius 1 is 0.833 bits per heavy atom. The minimum Gasteiger partial charge on any atom is -0.368 e. The molecule has 1 amide bonds. The number of nitrogens with one attached hydrogen (secondary N) is 1. The normalized spacial score (nSPS) is 27.7. The van der Waals surface area contributed by atoms with Gasteiger partial charge in [-0.25, -0.2) is 0 Å². The number of carbonyl (C=O) groups excluding carboxylic acids is 1. The van der Waals surface area contributed by atoms with Gasteiger partial charge in [0.25, 0.3) is 0 Å². The quantitative estimate of drug-likeness (QED) is 0.513. The summed E-state index contributed by atoms with van der Waals surface area (Å²) in [5.74, 6) is -0.199. The van der Waals surface area contributed by atoms with Crippen LogP contribution in [0.4, 0.5) is 0 Å². The summed E-state index contributed by atoms with van der Waals surface area (Å²) in [5.41, 5.74) is 2.94. The summed E-state index contributed by atoms with van der Waals surface area (Å²) in [6.07, 6.45) is -2.71. The van der Waals surface area contributed by atoms with Crippen molar-refractivity contribution in [3.05, 3.63) is 108 Å². The molecule has 6 atom stereocenters. The van der Waals surface area contributed by atoms with Crippen molar-refractivity contribution in [3.63, 3.8) is 0 Å². The lowest BCUT2D eigenvalue weighted by atomic mass is 9.95. The van der Waals surface area contributed by atoms with Crippen LogP contribution in [0.5, 0.6) is 0 Å². The summed E-state index contributed by atoms with van der Waals surface area (Å²) in [7, 11) is 0. The molecule has 3 aromatic carbocycles. The first-order valence-corrected chi connectivity index (χ1v) is 12.2. The van der Waals surface area contributed by atoms with Crippen LogP contribution in [-0.4, -0.2) is 43.2 Å². The number of ether oxygens (including phenoxy) is 5. The average molecular weight is 490 g/mol. The molecule has 7 nitrogen and oxygen atoms in total. The second-order valence-corrected chi connectivity index (χ2v) is 9.00. The lowest BCUT2D eigenvalue weighted by molar-refractivity contribution is -0.350. The summed E-state index contributed by atoms with van der Waals surface area (Å²) >= 11 is 0. The van der Waals surface area contributed by atoms with E-state index in [1.54, 1.807) is 0 Å². The van der Waals surface area contributed by atoms with Crippen LogP contribution in [0.25, 0.3) is 0 Å². The molecule has 3 aromatic rings. The highest BCUT2D eigenvalue weighted by Gasteiger charge is 2.51. The molecule has 0 bridgehead atoms. The molecule has 0 spiro atoms. The molecule has 0 saturated carbocycles. The van der Waals surface area contributed by atoms with Crippen LogP contribution >= 0.6 is 0 Å². The minimum absolute atomic E-state index is 0.199. The fourth-order valence-electron chi connectivity index (χ4n) is 4.60. The van der Waals surface area contributed by atoms with Crippen molar-refractivity contribution >= 4 is 5.91 Å². The van der Waals surface area contributed by atoms with Crippen molar-refractivity contribution in [1.29, 1.82) is 0 Å².